The van der Waals surface area contributed by atoms with Gasteiger partial charge in [-0.1, -0.05) is 45.4 Å². The first-order valence-electron chi connectivity index (χ1n) is 15.8. The molecule has 3 fully saturated rings. The summed E-state index contributed by atoms with van der Waals surface area (Å²) in [6, 6.07) is 0. The van der Waals surface area contributed by atoms with Crippen molar-refractivity contribution in [3.63, 3.8) is 0 Å². The second kappa shape index (κ2) is 9.43. The molecule has 3 saturated carbocycles. The molecule has 5 rings (SSSR count). The number of hydrogen-bond donors (Lipinski definition) is 0. The topological polar surface area (TPSA) is 72.9 Å². The Morgan fingerprint density at radius 1 is 0.952 bits per heavy atom. The average molecular weight is 578 g/mol. The fraction of sp³-hybridized carbons (Fsp3) is 0.694. The molecule has 0 radical (unpaired) electrons. The maximum Gasteiger partial charge on any atom is 0.410 e. The predicted molar refractivity (Wildman–Crippen MR) is 164 cm³/mol. The van der Waals surface area contributed by atoms with Gasteiger partial charge in [0.2, 0.25) is 5.78 Å². The molecule has 0 N–H and O–H groups in total. The van der Waals surface area contributed by atoms with E-state index in [1.165, 1.54) is 12.5 Å². The van der Waals surface area contributed by atoms with E-state index < -0.39 is 11.6 Å². The Morgan fingerprint density at radius 3 is 2.21 bits per heavy atom. The summed E-state index contributed by atoms with van der Waals surface area (Å²) in [6.07, 6.45) is 13.2. The van der Waals surface area contributed by atoms with Crippen molar-refractivity contribution in [3.05, 3.63) is 46.3 Å². The average Bonchev–Trinajstić information content (AvgIpc) is 2.88. The van der Waals surface area contributed by atoms with Gasteiger partial charge in [-0.15, -0.1) is 0 Å². The van der Waals surface area contributed by atoms with Crippen LogP contribution < -0.4 is 0 Å². The van der Waals surface area contributed by atoms with Crippen molar-refractivity contribution in [2.24, 2.45) is 27.6 Å². The lowest BCUT2D eigenvalue weighted by Gasteiger charge is -2.70. The molecule has 0 aromatic rings. The summed E-state index contributed by atoms with van der Waals surface area (Å²) >= 11 is 0. The van der Waals surface area contributed by atoms with E-state index >= 15 is 0 Å². The van der Waals surface area contributed by atoms with Crippen molar-refractivity contribution < 1.29 is 23.9 Å². The van der Waals surface area contributed by atoms with Crippen LogP contribution in [-0.2, 0) is 19.1 Å². The highest BCUT2D eigenvalue weighted by Crippen LogP contribution is 2.75. The molecule has 0 unspecified atom stereocenters. The molecule has 6 atom stereocenters. The lowest BCUT2D eigenvalue weighted by atomic mass is 9.35. The van der Waals surface area contributed by atoms with Gasteiger partial charge < -0.3 is 14.4 Å². The fourth-order valence-corrected chi connectivity index (χ4v) is 9.56. The number of fused-ring (bicyclic) bond motifs is 7. The van der Waals surface area contributed by atoms with Crippen molar-refractivity contribution >= 4 is 17.8 Å². The number of carbonyl (C=O) groups is 3. The summed E-state index contributed by atoms with van der Waals surface area (Å²) in [7, 11) is 1.92. The molecule has 0 aromatic heterocycles. The van der Waals surface area contributed by atoms with Gasteiger partial charge in [0.25, 0.3) is 0 Å². The van der Waals surface area contributed by atoms with Crippen LogP contribution in [0.1, 0.15) is 114 Å². The van der Waals surface area contributed by atoms with Gasteiger partial charge in [-0.05, 0) is 119 Å². The number of allylic oxidation sites excluding steroid dienone is 7. The van der Waals surface area contributed by atoms with Gasteiger partial charge in [-0.25, -0.2) is 4.79 Å². The Balaban J connectivity index is 1.54. The first kappa shape index (κ1) is 30.8. The van der Waals surface area contributed by atoms with Gasteiger partial charge in [-0.2, -0.15) is 0 Å². The Morgan fingerprint density at radius 2 is 1.60 bits per heavy atom. The van der Waals surface area contributed by atoms with E-state index in [0.717, 1.165) is 61.7 Å². The van der Waals surface area contributed by atoms with Crippen molar-refractivity contribution in [1.29, 1.82) is 0 Å². The monoisotopic (exact) mass is 577 g/mol. The van der Waals surface area contributed by atoms with Gasteiger partial charge in [0.15, 0.2) is 5.76 Å². The van der Waals surface area contributed by atoms with Gasteiger partial charge >= 0.3 is 12.1 Å². The maximum atomic E-state index is 13.3. The van der Waals surface area contributed by atoms with Gasteiger partial charge in [0, 0.05) is 30.5 Å². The minimum Gasteiger partial charge on any atom is -0.444 e. The van der Waals surface area contributed by atoms with E-state index in [4.69, 9.17) is 9.47 Å². The highest BCUT2D eigenvalue weighted by Gasteiger charge is 2.67. The Labute approximate surface area is 252 Å². The second-order valence-corrected chi connectivity index (χ2v) is 16.2. The molecular formula is C36H51NO5. The van der Waals surface area contributed by atoms with E-state index in [2.05, 4.69) is 46.8 Å². The number of rotatable bonds is 2. The second-order valence-electron chi connectivity index (χ2n) is 16.2. The number of nitrogens with zero attached hydrogens (tertiary/aromatic N) is 1. The first-order valence-corrected chi connectivity index (χ1v) is 15.8. The van der Waals surface area contributed by atoms with Crippen LogP contribution in [0, 0.1) is 27.6 Å². The molecule has 230 valence electrons. The quantitative estimate of drug-likeness (QED) is 0.309. The molecule has 5 aliphatic carbocycles. The minimum absolute atomic E-state index is 0.0279. The van der Waals surface area contributed by atoms with Crippen molar-refractivity contribution in [3.8, 4) is 0 Å². The SMILES string of the molecule is CC(=O)OC1=C(C)C2=CC=C3[C@@](C)(CC[C@@]4(C)[C@@H]5C[C@](C)(N(C)C(=O)OC(C)(C)C)CC[C@]5(C)CC[C@]34C)C2=CC1=O. The van der Waals surface area contributed by atoms with Crippen molar-refractivity contribution in [2.75, 3.05) is 7.05 Å². The zero-order chi connectivity index (χ0) is 31.3. The summed E-state index contributed by atoms with van der Waals surface area (Å²) in [5.74, 6) is -0.118. The van der Waals surface area contributed by atoms with E-state index in [1.807, 2.05) is 39.6 Å². The normalized spacial score (nSPS) is 39.5. The number of carbonyl (C=O) groups excluding carboxylic acids is 3. The third kappa shape index (κ3) is 4.37. The maximum absolute atomic E-state index is 13.3. The van der Waals surface area contributed by atoms with E-state index in [9.17, 15) is 14.4 Å². The largest absolute Gasteiger partial charge is 0.444 e. The molecule has 0 aromatic carbocycles. The Kier molecular flexibility index (Phi) is 6.92. The van der Waals surface area contributed by atoms with Crippen LogP contribution in [0.5, 0.6) is 0 Å². The molecule has 6 heteroatoms. The summed E-state index contributed by atoms with van der Waals surface area (Å²) < 4.78 is 11.2. The molecule has 0 aliphatic heterocycles. The summed E-state index contributed by atoms with van der Waals surface area (Å²) in [5, 5.41) is 0. The van der Waals surface area contributed by atoms with E-state index in [0.29, 0.717) is 5.92 Å². The molecule has 1 amide bonds. The molecule has 0 bridgehead atoms. The zero-order valence-electron chi connectivity index (χ0n) is 27.7. The molecule has 6 nitrogen and oxygen atoms in total. The third-order valence-corrected chi connectivity index (χ3v) is 12.5. The van der Waals surface area contributed by atoms with E-state index in [1.54, 1.807) is 6.08 Å². The predicted octanol–water partition coefficient (Wildman–Crippen LogP) is 8.24. The highest BCUT2D eigenvalue weighted by atomic mass is 16.6. The summed E-state index contributed by atoms with van der Waals surface area (Å²) in [4.78, 5) is 40.1. The van der Waals surface area contributed by atoms with Crippen molar-refractivity contribution in [2.45, 2.75) is 125 Å². The summed E-state index contributed by atoms with van der Waals surface area (Å²) in [5.41, 5.74) is 3.33. The lowest BCUT2D eigenvalue weighted by Crippen LogP contribution is -2.64. The minimum atomic E-state index is -0.532. The summed E-state index contributed by atoms with van der Waals surface area (Å²) in [6.45, 7) is 21.0. The highest BCUT2D eigenvalue weighted by molar-refractivity contribution is 6.08. The zero-order valence-corrected chi connectivity index (χ0v) is 27.7. The Hall–Kier alpha value is -2.63. The van der Waals surface area contributed by atoms with Crippen LogP contribution in [-0.4, -0.2) is 40.9 Å². The number of esters is 1. The fourth-order valence-electron chi connectivity index (χ4n) is 9.56. The Bertz CT molecular complexity index is 1370. The molecule has 42 heavy (non-hydrogen) atoms. The van der Waals surface area contributed by atoms with Crippen molar-refractivity contribution in [1.82, 2.24) is 4.90 Å². The molecule has 0 spiro atoms. The smallest absolute Gasteiger partial charge is 0.410 e. The number of ether oxygens (including phenoxy) is 2. The van der Waals surface area contributed by atoms with Crippen LogP contribution in [0.4, 0.5) is 4.79 Å². The van der Waals surface area contributed by atoms with E-state index in [-0.39, 0.29) is 44.8 Å². The van der Waals surface area contributed by atoms with Crippen LogP contribution in [0.25, 0.3) is 0 Å². The van der Waals surface area contributed by atoms with Crippen LogP contribution in [0.3, 0.4) is 0 Å². The van der Waals surface area contributed by atoms with Crippen LogP contribution in [0.2, 0.25) is 0 Å². The standard InChI is InChI=1S/C36H51NO5/c1-22-24-12-13-27-34(8,25(24)20-26(39)29(22)41-23(2)38)17-19-36(10)28-21-33(7,37(11)30(40)42-31(3,4)5)16-14-32(28,6)15-18-35(27,36)9/h12-13,20,28H,14-19,21H2,1-11H3/t28-,32-,33-,34+,35-,36+/m1/s1. The number of hydrogen-bond acceptors (Lipinski definition) is 5. The van der Waals surface area contributed by atoms with Crippen LogP contribution >= 0.6 is 0 Å². The number of ketones is 1. The lowest BCUT2D eigenvalue weighted by molar-refractivity contribution is -0.163. The first-order chi connectivity index (χ1) is 19.2. The third-order valence-electron chi connectivity index (χ3n) is 12.5. The number of amides is 1. The van der Waals surface area contributed by atoms with Gasteiger partial charge in [-0.3, -0.25) is 9.59 Å². The molecule has 5 aliphatic rings. The molecular weight excluding hydrogens is 526 g/mol. The van der Waals surface area contributed by atoms with Gasteiger partial charge in [0.05, 0.1) is 0 Å². The molecule has 0 heterocycles. The van der Waals surface area contributed by atoms with Crippen LogP contribution in [0.15, 0.2) is 46.3 Å². The molecule has 0 saturated heterocycles. The van der Waals surface area contributed by atoms with Gasteiger partial charge in [0.1, 0.15) is 5.60 Å².